The van der Waals surface area contributed by atoms with E-state index in [-0.39, 0.29) is 17.1 Å². The molecule has 0 heterocycles. The molecule has 2 N–H and O–H groups in total. The van der Waals surface area contributed by atoms with Gasteiger partial charge in [0.05, 0.1) is 22.7 Å². The van der Waals surface area contributed by atoms with Crippen LogP contribution in [0.15, 0.2) is 17.0 Å². The molecule has 0 spiro atoms. The van der Waals surface area contributed by atoms with Gasteiger partial charge in [-0.1, -0.05) is 11.6 Å². The molecule has 0 atom stereocenters. The number of likely N-dealkylation sites (N-methyl/N-ethyl adjacent to an activating group) is 1. The van der Waals surface area contributed by atoms with Gasteiger partial charge < -0.3 is 10.5 Å². The van der Waals surface area contributed by atoms with Crippen molar-refractivity contribution in [1.29, 1.82) is 0 Å². The molecule has 0 aliphatic rings. The minimum Gasteiger partial charge on any atom is -0.468 e. The van der Waals surface area contributed by atoms with Gasteiger partial charge in [0.2, 0.25) is 10.0 Å². The summed E-state index contributed by atoms with van der Waals surface area (Å²) >= 11 is 5.88. The lowest BCUT2D eigenvalue weighted by molar-refractivity contribution is -0.140. The van der Waals surface area contributed by atoms with Crippen molar-refractivity contribution in [3.05, 3.63) is 22.7 Å². The number of methoxy groups -OCH3 is 1. The Morgan fingerprint density at radius 2 is 2.05 bits per heavy atom. The molecule has 0 radical (unpaired) electrons. The third kappa shape index (κ3) is 3.37. The van der Waals surface area contributed by atoms with E-state index in [9.17, 15) is 13.2 Å². The smallest absolute Gasteiger partial charge is 0.321 e. The van der Waals surface area contributed by atoms with Crippen LogP contribution in [0.2, 0.25) is 5.02 Å². The van der Waals surface area contributed by atoms with Gasteiger partial charge in [-0.3, -0.25) is 4.79 Å². The number of hydrogen-bond acceptors (Lipinski definition) is 5. The summed E-state index contributed by atoms with van der Waals surface area (Å²) < 4.78 is 29.8. The summed E-state index contributed by atoms with van der Waals surface area (Å²) in [5, 5.41) is 0.314. The number of carbonyl (C=O) groups excluding carboxylic acids is 1. The zero-order valence-corrected chi connectivity index (χ0v) is 12.4. The highest BCUT2D eigenvalue weighted by atomic mass is 35.5. The average Bonchev–Trinajstić information content (AvgIpc) is 2.34. The van der Waals surface area contributed by atoms with Gasteiger partial charge in [0.25, 0.3) is 0 Å². The molecule has 8 heteroatoms. The van der Waals surface area contributed by atoms with Gasteiger partial charge in [-0.25, -0.2) is 8.42 Å². The van der Waals surface area contributed by atoms with E-state index in [2.05, 4.69) is 4.74 Å². The second-order valence-corrected chi connectivity index (χ2v) is 6.40. The highest BCUT2D eigenvalue weighted by Gasteiger charge is 2.24. The number of carbonyl (C=O) groups is 1. The number of nitrogen functional groups attached to an aromatic ring is 1. The lowest BCUT2D eigenvalue weighted by Gasteiger charge is -2.17. The number of esters is 1. The Hall–Kier alpha value is -1.31. The first kappa shape index (κ1) is 15.7. The molecule has 1 aromatic carbocycles. The fourth-order valence-electron chi connectivity index (χ4n) is 1.42. The highest BCUT2D eigenvalue weighted by molar-refractivity contribution is 7.89. The van der Waals surface area contributed by atoms with E-state index >= 15 is 0 Å². The lowest BCUT2D eigenvalue weighted by Crippen LogP contribution is -2.32. The minimum absolute atomic E-state index is 0.0155. The van der Waals surface area contributed by atoms with Gasteiger partial charge in [-0.05, 0) is 24.6 Å². The topological polar surface area (TPSA) is 89.7 Å². The second kappa shape index (κ2) is 5.77. The quantitative estimate of drug-likeness (QED) is 0.662. The molecule has 0 unspecified atom stereocenters. The lowest BCUT2D eigenvalue weighted by atomic mass is 10.2. The zero-order chi connectivity index (χ0) is 14.8. The van der Waals surface area contributed by atoms with Crippen molar-refractivity contribution in [3.63, 3.8) is 0 Å². The summed E-state index contributed by atoms with van der Waals surface area (Å²) in [5.41, 5.74) is 6.36. The Labute approximate surface area is 117 Å². The van der Waals surface area contributed by atoms with E-state index in [0.717, 1.165) is 4.31 Å². The van der Waals surface area contributed by atoms with Crippen LogP contribution in [0.3, 0.4) is 0 Å². The Bertz CT molecular complexity index is 578. The van der Waals surface area contributed by atoms with Crippen LogP contribution in [-0.2, 0) is 19.6 Å². The molecule has 1 aromatic rings. The molecule has 0 bridgehead atoms. The van der Waals surface area contributed by atoms with Crippen molar-refractivity contribution in [3.8, 4) is 0 Å². The van der Waals surface area contributed by atoms with Crippen molar-refractivity contribution < 1.29 is 17.9 Å². The molecule has 0 amide bonds. The van der Waals surface area contributed by atoms with Gasteiger partial charge >= 0.3 is 5.97 Å². The first-order valence-corrected chi connectivity index (χ1v) is 7.10. The van der Waals surface area contributed by atoms with Crippen LogP contribution in [0.4, 0.5) is 5.69 Å². The number of nitrogens with two attached hydrogens (primary N) is 1. The molecular weight excluding hydrogens is 292 g/mol. The zero-order valence-electron chi connectivity index (χ0n) is 10.8. The van der Waals surface area contributed by atoms with Crippen molar-refractivity contribution in [2.24, 2.45) is 0 Å². The first-order chi connectivity index (χ1) is 8.70. The SMILES string of the molecule is COC(=O)CN(C)S(=O)(=O)c1cc(C)c(Cl)c(N)c1. The van der Waals surface area contributed by atoms with E-state index in [1.807, 2.05) is 0 Å². The standard InChI is InChI=1S/C11H15ClN2O4S/c1-7-4-8(5-9(13)11(7)12)19(16,17)14(2)6-10(15)18-3/h4-5H,6,13H2,1-3H3. The van der Waals surface area contributed by atoms with Crippen molar-refractivity contribution >= 4 is 33.3 Å². The molecule has 0 aromatic heterocycles. The monoisotopic (exact) mass is 306 g/mol. The molecule has 19 heavy (non-hydrogen) atoms. The summed E-state index contributed by atoms with van der Waals surface area (Å²) in [7, 11) is -1.34. The van der Waals surface area contributed by atoms with E-state index in [0.29, 0.717) is 10.6 Å². The van der Waals surface area contributed by atoms with Crippen LogP contribution in [0.5, 0.6) is 0 Å². The third-order valence-corrected chi connectivity index (χ3v) is 4.84. The summed E-state index contributed by atoms with van der Waals surface area (Å²) in [6, 6.07) is 2.67. The molecule has 0 fully saturated rings. The maximum absolute atomic E-state index is 12.2. The summed E-state index contributed by atoms with van der Waals surface area (Å²) in [6.07, 6.45) is 0. The largest absolute Gasteiger partial charge is 0.468 e. The van der Waals surface area contributed by atoms with Crippen LogP contribution in [0, 0.1) is 6.92 Å². The fourth-order valence-corrected chi connectivity index (χ4v) is 2.77. The predicted octanol–water partition coefficient (Wildman–Crippen LogP) is 1.02. The van der Waals surface area contributed by atoms with E-state index in [1.54, 1.807) is 6.92 Å². The molecule has 0 saturated carbocycles. The van der Waals surface area contributed by atoms with Crippen LogP contribution in [-0.4, -0.2) is 39.4 Å². The van der Waals surface area contributed by atoms with Gasteiger partial charge in [-0.2, -0.15) is 4.31 Å². The number of halogens is 1. The highest BCUT2D eigenvalue weighted by Crippen LogP contribution is 2.27. The summed E-state index contributed by atoms with van der Waals surface area (Å²) in [5.74, 6) is -0.648. The number of anilines is 1. The van der Waals surface area contributed by atoms with E-state index in [1.165, 1.54) is 26.3 Å². The number of ether oxygens (including phenoxy) is 1. The molecule has 1 rings (SSSR count). The van der Waals surface area contributed by atoms with Crippen LogP contribution >= 0.6 is 11.6 Å². The molecular formula is C11H15ClN2O4S. The van der Waals surface area contributed by atoms with Crippen LogP contribution < -0.4 is 5.73 Å². The van der Waals surface area contributed by atoms with Gasteiger partial charge in [0.15, 0.2) is 0 Å². The van der Waals surface area contributed by atoms with Crippen LogP contribution in [0.1, 0.15) is 5.56 Å². The van der Waals surface area contributed by atoms with Crippen molar-refractivity contribution in [1.82, 2.24) is 4.31 Å². The number of sulfonamides is 1. The normalized spacial score (nSPS) is 11.6. The Morgan fingerprint density at radius 1 is 1.47 bits per heavy atom. The first-order valence-electron chi connectivity index (χ1n) is 5.29. The predicted molar refractivity (Wildman–Crippen MR) is 72.4 cm³/mol. The Balaban J connectivity index is 3.17. The van der Waals surface area contributed by atoms with Crippen molar-refractivity contribution in [2.75, 3.05) is 26.4 Å². The van der Waals surface area contributed by atoms with E-state index < -0.39 is 16.0 Å². The molecule has 0 saturated heterocycles. The number of nitrogens with zero attached hydrogens (tertiary/aromatic N) is 1. The number of aryl methyl sites for hydroxylation is 1. The van der Waals surface area contributed by atoms with Gasteiger partial charge in [0.1, 0.15) is 6.54 Å². The minimum atomic E-state index is -3.81. The summed E-state index contributed by atoms with van der Waals surface area (Å²) in [4.78, 5) is 11.1. The van der Waals surface area contributed by atoms with E-state index in [4.69, 9.17) is 17.3 Å². The number of hydrogen-bond donors (Lipinski definition) is 1. The molecule has 0 aliphatic heterocycles. The number of rotatable bonds is 4. The fraction of sp³-hybridized carbons (Fsp3) is 0.364. The van der Waals surface area contributed by atoms with Crippen LogP contribution in [0.25, 0.3) is 0 Å². The molecule has 0 aliphatic carbocycles. The second-order valence-electron chi connectivity index (χ2n) is 3.98. The number of benzene rings is 1. The Kier molecular flexibility index (Phi) is 4.78. The average molecular weight is 307 g/mol. The molecule has 106 valence electrons. The third-order valence-electron chi connectivity index (χ3n) is 2.54. The molecule has 6 nitrogen and oxygen atoms in total. The summed E-state index contributed by atoms with van der Waals surface area (Å²) in [6.45, 7) is 1.28. The van der Waals surface area contributed by atoms with Gasteiger partial charge in [-0.15, -0.1) is 0 Å². The Morgan fingerprint density at radius 3 is 2.53 bits per heavy atom. The van der Waals surface area contributed by atoms with Gasteiger partial charge in [0, 0.05) is 7.05 Å². The van der Waals surface area contributed by atoms with Crippen molar-refractivity contribution in [2.45, 2.75) is 11.8 Å². The maximum Gasteiger partial charge on any atom is 0.321 e. The maximum atomic E-state index is 12.2.